The summed E-state index contributed by atoms with van der Waals surface area (Å²) in [6.07, 6.45) is 0. The largest absolute Gasteiger partial charge is 0.481 e. The van der Waals surface area contributed by atoms with Crippen LogP contribution in [0.3, 0.4) is 0 Å². The second-order valence-electron chi connectivity index (χ2n) is 4.41. The minimum Gasteiger partial charge on any atom is -0.481 e. The predicted molar refractivity (Wildman–Crippen MR) is 63.8 cm³/mol. The lowest BCUT2D eigenvalue weighted by Gasteiger charge is -2.31. The number of carbonyl (C=O) groups excluding carboxylic acids is 1. The number of amides is 2. The van der Waals surface area contributed by atoms with E-state index in [0.29, 0.717) is 0 Å². The second-order valence-corrected chi connectivity index (χ2v) is 4.41. The molecule has 0 radical (unpaired) electrons. The van der Waals surface area contributed by atoms with Crippen LogP contribution in [0, 0.1) is 5.92 Å². The van der Waals surface area contributed by atoms with E-state index in [-0.39, 0.29) is 31.8 Å². The van der Waals surface area contributed by atoms with E-state index >= 15 is 0 Å². The molecule has 0 saturated carbocycles. The van der Waals surface area contributed by atoms with Gasteiger partial charge in [-0.05, 0) is 13.8 Å². The van der Waals surface area contributed by atoms with Crippen LogP contribution in [0.15, 0.2) is 0 Å². The molecule has 0 saturated heterocycles. The lowest BCUT2D eigenvalue weighted by molar-refractivity contribution is -0.141. The van der Waals surface area contributed by atoms with Crippen molar-refractivity contribution < 1.29 is 19.8 Å². The molecule has 6 nitrogen and oxygen atoms in total. The summed E-state index contributed by atoms with van der Waals surface area (Å²) in [6.45, 7) is 5.55. The van der Waals surface area contributed by atoms with E-state index < -0.39 is 11.9 Å². The average Bonchev–Trinajstić information content (AvgIpc) is 2.24. The lowest BCUT2D eigenvalue weighted by atomic mass is 10.2. The highest BCUT2D eigenvalue weighted by molar-refractivity contribution is 5.76. The molecule has 0 aromatic heterocycles. The van der Waals surface area contributed by atoms with E-state index in [1.54, 1.807) is 14.0 Å². The first kappa shape index (κ1) is 15.7. The normalized spacial score (nSPS) is 12.4. The van der Waals surface area contributed by atoms with E-state index in [1.165, 1.54) is 9.80 Å². The van der Waals surface area contributed by atoms with Crippen molar-refractivity contribution in [3.63, 3.8) is 0 Å². The van der Waals surface area contributed by atoms with Gasteiger partial charge in [-0.15, -0.1) is 0 Å². The van der Waals surface area contributed by atoms with Gasteiger partial charge >= 0.3 is 12.0 Å². The molecule has 2 N–H and O–H groups in total. The standard InChI is InChI=1S/C11H22N2O4/c1-8(2)13(5-6-14)11(17)12(4)7-9(3)10(15)16/h8-9,14H,5-7H2,1-4H3,(H,15,16). The summed E-state index contributed by atoms with van der Waals surface area (Å²) < 4.78 is 0. The van der Waals surface area contributed by atoms with Crippen molar-refractivity contribution in [2.45, 2.75) is 26.8 Å². The zero-order valence-corrected chi connectivity index (χ0v) is 10.9. The van der Waals surface area contributed by atoms with Crippen molar-refractivity contribution in [3.8, 4) is 0 Å². The molecule has 1 unspecified atom stereocenters. The van der Waals surface area contributed by atoms with Gasteiger partial charge in [0.15, 0.2) is 0 Å². The highest BCUT2D eigenvalue weighted by Gasteiger charge is 2.23. The van der Waals surface area contributed by atoms with Crippen LogP contribution in [0.4, 0.5) is 4.79 Å². The Hall–Kier alpha value is -1.30. The molecule has 0 rings (SSSR count). The van der Waals surface area contributed by atoms with Gasteiger partial charge < -0.3 is 20.0 Å². The summed E-state index contributed by atoms with van der Waals surface area (Å²) in [6, 6.07) is -0.292. The molecular weight excluding hydrogens is 224 g/mol. The fourth-order valence-corrected chi connectivity index (χ4v) is 1.47. The quantitative estimate of drug-likeness (QED) is 0.713. The molecule has 0 aliphatic heterocycles. The predicted octanol–water partition coefficient (Wildman–Crippen LogP) is 0.462. The topological polar surface area (TPSA) is 81.1 Å². The van der Waals surface area contributed by atoms with Crippen LogP contribution in [-0.4, -0.2) is 64.8 Å². The Morgan fingerprint density at radius 3 is 2.12 bits per heavy atom. The maximum atomic E-state index is 12.0. The lowest BCUT2D eigenvalue weighted by Crippen LogP contribution is -2.47. The number of rotatable bonds is 6. The molecular formula is C11H22N2O4. The van der Waals surface area contributed by atoms with Gasteiger partial charge in [-0.25, -0.2) is 4.79 Å². The zero-order chi connectivity index (χ0) is 13.6. The molecule has 0 heterocycles. The number of aliphatic hydroxyl groups is 1. The van der Waals surface area contributed by atoms with Crippen molar-refractivity contribution in [2.24, 2.45) is 5.92 Å². The van der Waals surface area contributed by atoms with Crippen LogP contribution in [-0.2, 0) is 4.79 Å². The molecule has 0 aromatic carbocycles. The van der Waals surface area contributed by atoms with Gasteiger partial charge in [-0.3, -0.25) is 4.79 Å². The number of hydrogen-bond donors (Lipinski definition) is 2. The van der Waals surface area contributed by atoms with E-state index in [4.69, 9.17) is 10.2 Å². The van der Waals surface area contributed by atoms with Gasteiger partial charge in [-0.2, -0.15) is 0 Å². The molecule has 17 heavy (non-hydrogen) atoms. The molecule has 2 amide bonds. The van der Waals surface area contributed by atoms with Gasteiger partial charge in [0.1, 0.15) is 0 Å². The number of carboxylic acids is 1. The van der Waals surface area contributed by atoms with Gasteiger partial charge in [0.05, 0.1) is 12.5 Å². The molecule has 0 aromatic rings. The number of urea groups is 1. The van der Waals surface area contributed by atoms with E-state index in [9.17, 15) is 9.59 Å². The molecule has 100 valence electrons. The third kappa shape index (κ3) is 5.04. The van der Waals surface area contributed by atoms with Crippen LogP contribution in [0.2, 0.25) is 0 Å². The van der Waals surface area contributed by atoms with Crippen molar-refractivity contribution in [3.05, 3.63) is 0 Å². The fourth-order valence-electron chi connectivity index (χ4n) is 1.47. The minimum atomic E-state index is -0.928. The molecule has 0 aliphatic carbocycles. The third-order valence-corrected chi connectivity index (χ3v) is 2.51. The summed E-state index contributed by atoms with van der Waals surface area (Å²) in [5.74, 6) is -1.53. The molecule has 1 atom stereocenters. The SMILES string of the molecule is CC(CN(C)C(=O)N(CCO)C(C)C)C(=O)O. The summed E-state index contributed by atoms with van der Waals surface area (Å²) in [7, 11) is 1.56. The first-order valence-electron chi connectivity index (χ1n) is 5.66. The second kappa shape index (κ2) is 7.11. The Morgan fingerprint density at radius 2 is 1.76 bits per heavy atom. The number of aliphatic carboxylic acids is 1. The van der Waals surface area contributed by atoms with Crippen molar-refractivity contribution in [1.82, 2.24) is 9.80 Å². The molecule has 0 bridgehead atoms. The highest BCUT2D eigenvalue weighted by atomic mass is 16.4. The maximum Gasteiger partial charge on any atom is 0.320 e. The number of carboxylic acid groups (broad SMARTS) is 1. The van der Waals surface area contributed by atoms with Crippen LogP contribution < -0.4 is 0 Å². The van der Waals surface area contributed by atoms with Crippen LogP contribution in [0.25, 0.3) is 0 Å². The molecule has 6 heteroatoms. The van der Waals surface area contributed by atoms with Crippen LogP contribution >= 0.6 is 0 Å². The Labute approximate surface area is 102 Å². The zero-order valence-electron chi connectivity index (χ0n) is 10.9. The van der Waals surface area contributed by atoms with Crippen molar-refractivity contribution in [1.29, 1.82) is 0 Å². The summed E-state index contributed by atoms with van der Waals surface area (Å²) in [5, 5.41) is 17.7. The first-order valence-corrected chi connectivity index (χ1v) is 5.66. The smallest absolute Gasteiger partial charge is 0.320 e. The van der Waals surface area contributed by atoms with E-state index in [1.807, 2.05) is 13.8 Å². The van der Waals surface area contributed by atoms with Gasteiger partial charge in [0.2, 0.25) is 0 Å². The number of hydrogen-bond acceptors (Lipinski definition) is 3. The van der Waals surface area contributed by atoms with Crippen molar-refractivity contribution >= 4 is 12.0 Å². The average molecular weight is 246 g/mol. The highest BCUT2D eigenvalue weighted by Crippen LogP contribution is 2.06. The Kier molecular flexibility index (Phi) is 6.57. The first-order chi connectivity index (χ1) is 7.81. The van der Waals surface area contributed by atoms with Crippen LogP contribution in [0.1, 0.15) is 20.8 Å². The Bertz CT molecular complexity index is 268. The minimum absolute atomic E-state index is 0.0303. The summed E-state index contributed by atoms with van der Waals surface area (Å²) >= 11 is 0. The summed E-state index contributed by atoms with van der Waals surface area (Å²) in [4.78, 5) is 25.6. The van der Waals surface area contributed by atoms with E-state index in [2.05, 4.69) is 0 Å². The Balaban J connectivity index is 4.49. The molecule has 0 fully saturated rings. The fraction of sp³-hybridized carbons (Fsp3) is 0.818. The number of nitrogens with zero attached hydrogens (tertiary/aromatic N) is 2. The van der Waals surface area contributed by atoms with E-state index in [0.717, 1.165) is 0 Å². The monoisotopic (exact) mass is 246 g/mol. The summed E-state index contributed by atoms with van der Waals surface area (Å²) in [5.41, 5.74) is 0. The van der Waals surface area contributed by atoms with Gasteiger partial charge in [0.25, 0.3) is 0 Å². The number of carbonyl (C=O) groups is 2. The van der Waals surface area contributed by atoms with Gasteiger partial charge in [0, 0.05) is 26.2 Å². The van der Waals surface area contributed by atoms with Crippen molar-refractivity contribution in [2.75, 3.05) is 26.7 Å². The number of aliphatic hydroxyl groups excluding tert-OH is 1. The van der Waals surface area contributed by atoms with Gasteiger partial charge in [-0.1, -0.05) is 6.92 Å². The molecule has 0 spiro atoms. The Morgan fingerprint density at radius 1 is 1.24 bits per heavy atom. The third-order valence-electron chi connectivity index (χ3n) is 2.51. The molecule has 0 aliphatic rings. The maximum absolute atomic E-state index is 12.0. The van der Waals surface area contributed by atoms with Crippen LogP contribution in [0.5, 0.6) is 0 Å².